The molecule has 0 unspecified atom stereocenters. The zero-order chi connectivity index (χ0) is 18.3. The van der Waals surface area contributed by atoms with Crippen LogP contribution in [0, 0.1) is 0 Å². The number of fused-ring (bicyclic) bond motifs is 2. The van der Waals surface area contributed by atoms with E-state index in [-0.39, 0.29) is 11.2 Å². The lowest BCUT2D eigenvalue weighted by molar-refractivity contribution is -0.112. The van der Waals surface area contributed by atoms with E-state index in [0.717, 1.165) is 20.3 Å². The molecule has 0 N–H and O–H groups in total. The van der Waals surface area contributed by atoms with Crippen molar-refractivity contribution in [2.45, 2.75) is 23.6 Å². The molecule has 1 aliphatic rings. The number of thioether (sulfide) groups is 1. The van der Waals surface area contributed by atoms with Crippen molar-refractivity contribution < 1.29 is 4.79 Å². The Hall–Kier alpha value is -2.11. The van der Waals surface area contributed by atoms with Gasteiger partial charge in [-0.05, 0) is 23.8 Å². The largest absolute Gasteiger partial charge is 0.347 e. The fraction of sp³-hybridized carbons (Fsp3) is 0.238. The second-order valence-corrected chi connectivity index (χ2v) is 9.19. The van der Waals surface area contributed by atoms with Crippen LogP contribution in [0.5, 0.6) is 0 Å². The van der Waals surface area contributed by atoms with Crippen LogP contribution in [-0.4, -0.2) is 23.6 Å². The molecule has 132 valence electrons. The monoisotopic (exact) mass is 380 g/mol. The van der Waals surface area contributed by atoms with Crippen LogP contribution in [0.15, 0.2) is 64.6 Å². The Morgan fingerprint density at radius 2 is 1.92 bits per heavy atom. The molecule has 0 radical (unpaired) electrons. The third kappa shape index (κ3) is 2.95. The lowest BCUT2D eigenvalue weighted by Gasteiger charge is -2.23. The van der Waals surface area contributed by atoms with E-state index in [1.54, 1.807) is 17.4 Å². The summed E-state index contributed by atoms with van der Waals surface area (Å²) in [5.41, 5.74) is 4.32. The Balaban J connectivity index is 1.52. The summed E-state index contributed by atoms with van der Waals surface area (Å²) in [6.45, 7) is 4.35. The van der Waals surface area contributed by atoms with Crippen molar-refractivity contribution in [3.05, 3.63) is 65.9 Å². The zero-order valence-corrected chi connectivity index (χ0v) is 16.7. The number of rotatable bonds is 4. The summed E-state index contributed by atoms with van der Waals surface area (Å²) >= 11 is 3.16. The third-order valence-electron chi connectivity index (χ3n) is 4.85. The average Bonchev–Trinajstić information content (AvgIpc) is 3.13. The number of benzene rings is 2. The van der Waals surface area contributed by atoms with Crippen LogP contribution < -0.4 is 4.90 Å². The van der Waals surface area contributed by atoms with Gasteiger partial charge >= 0.3 is 0 Å². The maximum Gasteiger partial charge on any atom is 0.167 e. The summed E-state index contributed by atoms with van der Waals surface area (Å²) in [5.74, 6) is 0.529. The Morgan fingerprint density at radius 1 is 1.19 bits per heavy atom. The van der Waals surface area contributed by atoms with Crippen LogP contribution in [0.4, 0.5) is 5.69 Å². The molecular weight excluding hydrogens is 360 g/mol. The fourth-order valence-corrected chi connectivity index (χ4v) is 5.39. The first-order valence-corrected chi connectivity index (χ1v) is 10.3. The Morgan fingerprint density at radius 3 is 2.69 bits per heavy atom. The molecule has 2 aromatic carbocycles. The van der Waals surface area contributed by atoms with E-state index < -0.39 is 0 Å². The molecule has 0 fully saturated rings. The molecule has 3 aromatic rings. The Kier molecular flexibility index (Phi) is 4.37. The highest BCUT2D eigenvalue weighted by Gasteiger charge is 2.38. The molecule has 3 nitrogen and oxygen atoms in total. The van der Waals surface area contributed by atoms with Crippen LogP contribution in [0.2, 0.25) is 0 Å². The molecular formula is C21H20N2OS2. The summed E-state index contributed by atoms with van der Waals surface area (Å²) in [5, 5.41) is 0. The number of hydrogen-bond donors (Lipinski definition) is 0. The van der Waals surface area contributed by atoms with E-state index >= 15 is 0 Å². The van der Waals surface area contributed by atoms with Crippen molar-refractivity contribution in [2.24, 2.45) is 0 Å². The number of nitrogens with zero attached hydrogens (tertiary/aromatic N) is 2. The maximum atomic E-state index is 12.6. The van der Waals surface area contributed by atoms with Gasteiger partial charge in [-0.3, -0.25) is 4.79 Å². The van der Waals surface area contributed by atoms with Gasteiger partial charge in [-0.25, -0.2) is 4.98 Å². The maximum absolute atomic E-state index is 12.6. The Labute approximate surface area is 161 Å². The molecule has 0 spiro atoms. The van der Waals surface area contributed by atoms with Crippen molar-refractivity contribution in [3.8, 4) is 0 Å². The third-order valence-corrected chi connectivity index (χ3v) is 7.05. The number of likely N-dealkylation sites (N-methyl/N-ethyl adjacent to an activating group) is 1. The van der Waals surface area contributed by atoms with Gasteiger partial charge in [0.05, 0.1) is 16.0 Å². The minimum Gasteiger partial charge on any atom is -0.347 e. The number of ketones is 1. The van der Waals surface area contributed by atoms with Crippen LogP contribution in [-0.2, 0) is 10.2 Å². The van der Waals surface area contributed by atoms with E-state index in [2.05, 4.69) is 48.0 Å². The molecule has 4 rings (SSSR count). The topological polar surface area (TPSA) is 33.2 Å². The SMILES string of the molecule is CN1/C(=C\C(=O)CSc2nc3ccccc3s2)C(C)(C)c2ccccc21. The van der Waals surface area contributed by atoms with Crippen LogP contribution in [0.1, 0.15) is 19.4 Å². The van der Waals surface area contributed by atoms with Crippen LogP contribution in [0.3, 0.4) is 0 Å². The van der Waals surface area contributed by atoms with Gasteiger partial charge in [0.15, 0.2) is 10.1 Å². The summed E-state index contributed by atoms with van der Waals surface area (Å²) < 4.78 is 2.10. The molecule has 0 saturated heterocycles. The standard InChI is InChI=1S/C21H20N2OS2/c1-21(2)15-8-4-6-10-17(15)23(3)19(21)12-14(24)13-25-20-22-16-9-5-7-11-18(16)26-20/h4-12H,13H2,1-3H3/b19-12-. The van der Waals surface area contributed by atoms with Gasteiger partial charge in [0.1, 0.15) is 0 Å². The van der Waals surface area contributed by atoms with Gasteiger partial charge in [0.2, 0.25) is 0 Å². The van der Waals surface area contributed by atoms with Gasteiger partial charge in [-0.15, -0.1) is 11.3 Å². The molecule has 0 atom stereocenters. The van der Waals surface area contributed by atoms with Crippen molar-refractivity contribution in [2.75, 3.05) is 17.7 Å². The first kappa shape index (κ1) is 17.3. The summed E-state index contributed by atoms with van der Waals surface area (Å²) in [6.07, 6.45) is 1.81. The molecule has 0 saturated carbocycles. The second-order valence-electron chi connectivity index (χ2n) is 6.93. The molecule has 1 aromatic heterocycles. The number of hydrogen-bond acceptors (Lipinski definition) is 5. The minimum absolute atomic E-state index is 0.122. The molecule has 0 bridgehead atoms. The van der Waals surface area contributed by atoms with Crippen molar-refractivity contribution >= 4 is 44.8 Å². The lowest BCUT2D eigenvalue weighted by Crippen LogP contribution is -2.24. The van der Waals surface area contributed by atoms with E-state index in [0.29, 0.717) is 5.75 Å². The molecule has 0 amide bonds. The predicted molar refractivity (Wildman–Crippen MR) is 111 cm³/mol. The number of carbonyl (C=O) groups is 1. The van der Waals surface area contributed by atoms with Crippen molar-refractivity contribution in [1.82, 2.24) is 4.98 Å². The predicted octanol–water partition coefficient (Wildman–Crippen LogP) is 5.27. The normalized spacial score (nSPS) is 17.0. The molecule has 1 aliphatic heterocycles. The molecule has 26 heavy (non-hydrogen) atoms. The minimum atomic E-state index is -0.165. The number of allylic oxidation sites excluding steroid dienone is 2. The first-order valence-electron chi connectivity index (χ1n) is 8.53. The molecule has 5 heteroatoms. The van der Waals surface area contributed by atoms with E-state index in [1.807, 2.05) is 31.3 Å². The van der Waals surface area contributed by atoms with Crippen LogP contribution in [0.25, 0.3) is 10.2 Å². The van der Waals surface area contributed by atoms with Crippen LogP contribution >= 0.6 is 23.1 Å². The van der Waals surface area contributed by atoms with Crippen molar-refractivity contribution in [3.63, 3.8) is 0 Å². The highest BCUT2D eigenvalue weighted by molar-refractivity contribution is 8.01. The fourth-order valence-electron chi connectivity index (χ4n) is 3.50. The number of carbonyl (C=O) groups excluding carboxylic acids is 1. The first-order chi connectivity index (χ1) is 12.5. The van der Waals surface area contributed by atoms with E-state index in [4.69, 9.17) is 0 Å². The summed E-state index contributed by atoms with van der Waals surface area (Å²) in [7, 11) is 2.04. The summed E-state index contributed by atoms with van der Waals surface area (Å²) in [6, 6.07) is 16.4. The highest BCUT2D eigenvalue weighted by Crippen LogP contribution is 2.46. The average molecular weight is 381 g/mol. The van der Waals surface area contributed by atoms with Gasteiger partial charge in [0.25, 0.3) is 0 Å². The number of aromatic nitrogens is 1. The number of para-hydroxylation sites is 2. The quantitative estimate of drug-likeness (QED) is 0.456. The number of thiazole rings is 1. The lowest BCUT2D eigenvalue weighted by atomic mass is 9.83. The van der Waals surface area contributed by atoms with Gasteiger partial charge < -0.3 is 4.90 Å². The van der Waals surface area contributed by atoms with E-state index in [9.17, 15) is 4.79 Å². The Bertz CT molecular complexity index is 987. The summed E-state index contributed by atoms with van der Waals surface area (Å²) in [4.78, 5) is 19.4. The smallest absolute Gasteiger partial charge is 0.167 e. The molecule has 0 aliphatic carbocycles. The zero-order valence-electron chi connectivity index (χ0n) is 15.0. The van der Waals surface area contributed by atoms with Gasteiger partial charge in [-0.1, -0.05) is 55.9 Å². The van der Waals surface area contributed by atoms with Gasteiger partial charge in [-0.2, -0.15) is 0 Å². The van der Waals surface area contributed by atoms with Gasteiger partial charge in [0, 0.05) is 29.9 Å². The molecule has 2 heterocycles. The second kappa shape index (κ2) is 6.56. The van der Waals surface area contributed by atoms with Crippen molar-refractivity contribution in [1.29, 1.82) is 0 Å². The van der Waals surface area contributed by atoms with E-state index in [1.165, 1.54) is 23.0 Å². The highest BCUT2D eigenvalue weighted by atomic mass is 32.2. The number of anilines is 1.